The van der Waals surface area contributed by atoms with Crippen LogP contribution in [-0.2, 0) is 16.1 Å². The van der Waals surface area contributed by atoms with Crippen LogP contribution in [0.25, 0.3) is 0 Å². The average molecular weight is 472 g/mol. The molecule has 0 saturated carbocycles. The van der Waals surface area contributed by atoms with Gasteiger partial charge < -0.3 is 10.1 Å². The predicted octanol–water partition coefficient (Wildman–Crippen LogP) is 2.18. The van der Waals surface area contributed by atoms with E-state index in [-0.39, 0.29) is 30.4 Å². The van der Waals surface area contributed by atoms with Crippen molar-refractivity contribution in [1.29, 1.82) is 0 Å². The minimum absolute atomic E-state index is 0.0142. The number of fused-ring (bicyclic) bond motifs is 1. The van der Waals surface area contributed by atoms with Crippen LogP contribution >= 0.6 is 15.9 Å². The fourth-order valence-corrected chi connectivity index (χ4v) is 3.80. The molecule has 1 saturated heterocycles. The molecule has 0 aromatic heterocycles. The molecule has 2 aromatic rings. The van der Waals surface area contributed by atoms with Gasteiger partial charge in [0.25, 0.3) is 5.91 Å². The molecular weight excluding hydrogens is 450 g/mol. The van der Waals surface area contributed by atoms with Gasteiger partial charge in [-0.3, -0.25) is 14.6 Å². The third-order valence-electron chi connectivity index (χ3n) is 5.14. The van der Waals surface area contributed by atoms with Crippen LogP contribution in [0.3, 0.4) is 0 Å². The maximum absolute atomic E-state index is 12.9. The number of nitrogens with one attached hydrogen (secondary N) is 2. The topological polar surface area (TPSA) is 86.3 Å². The summed E-state index contributed by atoms with van der Waals surface area (Å²) >= 11 is 3.43. The highest BCUT2D eigenvalue weighted by atomic mass is 79.9. The number of carbonyl (C=O) groups excluding carboxylic acids is 2. The minimum Gasteiger partial charge on any atom is -0.497 e. The maximum atomic E-state index is 12.9. The highest BCUT2D eigenvalue weighted by Gasteiger charge is 2.41. The Morgan fingerprint density at radius 3 is 2.87 bits per heavy atom. The minimum atomic E-state index is -0.387. The van der Waals surface area contributed by atoms with Crippen LogP contribution in [0.5, 0.6) is 5.75 Å². The highest BCUT2D eigenvalue weighted by molar-refractivity contribution is 9.10. The van der Waals surface area contributed by atoms with Crippen LogP contribution in [0.1, 0.15) is 23.6 Å². The molecule has 0 spiro atoms. The molecule has 2 aliphatic heterocycles. The third kappa shape index (κ3) is 4.47. The van der Waals surface area contributed by atoms with Crippen molar-refractivity contribution in [2.75, 3.05) is 13.7 Å². The number of hydrazine groups is 1. The van der Waals surface area contributed by atoms with Gasteiger partial charge in [0, 0.05) is 11.0 Å². The summed E-state index contributed by atoms with van der Waals surface area (Å²) in [4.78, 5) is 25.2. The molecule has 156 valence electrons. The second-order valence-electron chi connectivity index (χ2n) is 7.15. The summed E-state index contributed by atoms with van der Waals surface area (Å²) in [6.07, 6.45) is 2.18. The van der Waals surface area contributed by atoms with E-state index in [0.29, 0.717) is 13.0 Å². The van der Waals surface area contributed by atoms with Gasteiger partial charge in [-0.15, -0.1) is 0 Å². The zero-order valence-corrected chi connectivity index (χ0v) is 18.0. The number of hydrazone groups is 1. The normalized spacial score (nSPS) is 20.3. The van der Waals surface area contributed by atoms with Gasteiger partial charge in [-0.25, -0.2) is 10.4 Å². The van der Waals surface area contributed by atoms with Gasteiger partial charge in [-0.05, 0) is 41.8 Å². The van der Waals surface area contributed by atoms with E-state index in [1.807, 2.05) is 48.5 Å². The molecule has 2 amide bonds. The zero-order chi connectivity index (χ0) is 21.1. The Balaban J connectivity index is 1.33. The van der Waals surface area contributed by atoms with E-state index in [4.69, 9.17) is 4.74 Å². The van der Waals surface area contributed by atoms with Crippen molar-refractivity contribution in [2.45, 2.75) is 25.0 Å². The molecule has 2 atom stereocenters. The Morgan fingerprint density at radius 2 is 2.10 bits per heavy atom. The number of nitrogens with zero attached hydrogens (tertiary/aromatic N) is 3. The Morgan fingerprint density at radius 1 is 1.30 bits per heavy atom. The van der Waals surface area contributed by atoms with Gasteiger partial charge in [0.15, 0.2) is 0 Å². The fourth-order valence-electron chi connectivity index (χ4n) is 3.54. The second-order valence-corrected chi connectivity index (χ2v) is 8.06. The number of hydrogen-bond acceptors (Lipinski definition) is 6. The van der Waals surface area contributed by atoms with Gasteiger partial charge in [-0.1, -0.05) is 40.2 Å². The molecule has 0 radical (unpaired) electrons. The number of ether oxygens (including phenoxy) is 1. The molecular formula is C21H22BrN5O3. The van der Waals surface area contributed by atoms with Gasteiger partial charge in [0.05, 0.1) is 13.2 Å². The van der Waals surface area contributed by atoms with Crippen LogP contribution in [-0.4, -0.2) is 47.9 Å². The SMILES string of the molecule is COc1cccc(CNC(=O)CN2N=CN3NC(c4ccc(Br)cc4)CC3C2=O)c1. The molecule has 2 aromatic carbocycles. The fraction of sp³-hybridized carbons (Fsp3) is 0.286. The monoisotopic (exact) mass is 471 g/mol. The molecule has 0 bridgehead atoms. The number of methoxy groups -OCH3 is 1. The first-order valence-corrected chi connectivity index (χ1v) is 10.4. The van der Waals surface area contributed by atoms with Crippen LogP contribution in [0.2, 0.25) is 0 Å². The average Bonchev–Trinajstić information content (AvgIpc) is 3.20. The Labute approximate surface area is 183 Å². The lowest BCUT2D eigenvalue weighted by Crippen LogP contribution is -2.52. The van der Waals surface area contributed by atoms with E-state index in [1.165, 1.54) is 5.01 Å². The van der Waals surface area contributed by atoms with Crippen molar-refractivity contribution in [2.24, 2.45) is 5.10 Å². The van der Waals surface area contributed by atoms with Crippen LogP contribution in [0.4, 0.5) is 0 Å². The largest absolute Gasteiger partial charge is 0.497 e. The van der Waals surface area contributed by atoms with E-state index >= 15 is 0 Å². The standard InChI is InChI=1S/C21H22BrN5O3/c1-30-17-4-2-3-14(9-17)11-23-20(28)12-26-21(29)19-10-18(25-27(19)13-24-26)15-5-7-16(22)8-6-15/h2-9,13,18-19,25H,10-12H2,1H3,(H,23,28). The second kappa shape index (κ2) is 8.85. The van der Waals surface area contributed by atoms with Crippen LogP contribution < -0.4 is 15.5 Å². The summed E-state index contributed by atoms with van der Waals surface area (Å²) in [5.41, 5.74) is 5.31. The number of amides is 2. The quantitative estimate of drug-likeness (QED) is 0.674. The summed E-state index contributed by atoms with van der Waals surface area (Å²) in [5, 5.41) is 9.93. The first-order chi connectivity index (χ1) is 14.5. The summed E-state index contributed by atoms with van der Waals surface area (Å²) in [6.45, 7) is 0.233. The van der Waals surface area contributed by atoms with Crippen molar-refractivity contribution in [3.05, 3.63) is 64.1 Å². The van der Waals surface area contributed by atoms with Crippen molar-refractivity contribution in [1.82, 2.24) is 20.8 Å². The summed E-state index contributed by atoms with van der Waals surface area (Å²) in [6, 6.07) is 15.1. The number of rotatable bonds is 6. The number of benzene rings is 2. The molecule has 2 aliphatic rings. The predicted molar refractivity (Wildman–Crippen MR) is 115 cm³/mol. The maximum Gasteiger partial charge on any atom is 0.267 e. The third-order valence-corrected chi connectivity index (χ3v) is 5.67. The smallest absolute Gasteiger partial charge is 0.267 e. The number of halogens is 1. The van der Waals surface area contributed by atoms with Gasteiger partial charge in [0.1, 0.15) is 24.7 Å². The van der Waals surface area contributed by atoms with Crippen LogP contribution in [0.15, 0.2) is 58.1 Å². The summed E-state index contributed by atoms with van der Waals surface area (Å²) in [7, 11) is 1.60. The summed E-state index contributed by atoms with van der Waals surface area (Å²) in [5.74, 6) is 0.264. The number of hydrogen-bond donors (Lipinski definition) is 2. The molecule has 2 heterocycles. The molecule has 30 heavy (non-hydrogen) atoms. The molecule has 1 fully saturated rings. The Kier molecular flexibility index (Phi) is 6.01. The van der Waals surface area contributed by atoms with Crippen molar-refractivity contribution in [3.8, 4) is 5.75 Å². The lowest BCUT2D eigenvalue weighted by molar-refractivity contribution is -0.140. The van der Waals surface area contributed by atoms with E-state index in [1.54, 1.807) is 18.5 Å². The zero-order valence-electron chi connectivity index (χ0n) is 16.4. The first kappa shape index (κ1) is 20.4. The summed E-state index contributed by atoms with van der Waals surface area (Å²) < 4.78 is 6.19. The molecule has 2 N–H and O–H groups in total. The van der Waals surface area contributed by atoms with Gasteiger partial charge in [0.2, 0.25) is 5.91 Å². The van der Waals surface area contributed by atoms with Gasteiger partial charge in [-0.2, -0.15) is 5.10 Å². The molecule has 4 rings (SSSR count). The van der Waals surface area contributed by atoms with Crippen molar-refractivity contribution < 1.29 is 14.3 Å². The van der Waals surface area contributed by atoms with Gasteiger partial charge >= 0.3 is 0 Å². The molecule has 9 heteroatoms. The first-order valence-electron chi connectivity index (χ1n) is 9.58. The number of carbonyl (C=O) groups is 2. The lowest BCUT2D eigenvalue weighted by Gasteiger charge is -2.29. The highest BCUT2D eigenvalue weighted by Crippen LogP contribution is 2.30. The molecule has 0 aliphatic carbocycles. The Hall–Kier alpha value is -2.91. The van der Waals surface area contributed by atoms with E-state index in [2.05, 4.69) is 31.8 Å². The Bertz CT molecular complexity index is 965. The lowest BCUT2D eigenvalue weighted by atomic mass is 10.0. The van der Waals surface area contributed by atoms with Crippen LogP contribution in [0, 0.1) is 0 Å². The van der Waals surface area contributed by atoms with Crippen molar-refractivity contribution in [3.63, 3.8) is 0 Å². The van der Waals surface area contributed by atoms with E-state index < -0.39 is 0 Å². The molecule has 2 unspecified atom stereocenters. The van der Waals surface area contributed by atoms with Crippen molar-refractivity contribution >= 4 is 34.1 Å². The van der Waals surface area contributed by atoms with E-state index in [9.17, 15) is 9.59 Å². The molecule has 8 nitrogen and oxygen atoms in total. The van der Waals surface area contributed by atoms with E-state index in [0.717, 1.165) is 21.3 Å².